The summed E-state index contributed by atoms with van der Waals surface area (Å²) in [6, 6.07) is 0. The zero-order chi connectivity index (χ0) is 15.5. The number of piperidine rings is 1. The molecule has 1 aliphatic heterocycles. The van der Waals surface area contributed by atoms with Gasteiger partial charge in [-0.1, -0.05) is 13.3 Å². The summed E-state index contributed by atoms with van der Waals surface area (Å²) < 4.78 is 10.3. The Hall–Kier alpha value is -1.30. The normalized spacial score (nSPS) is 16.9. The SMILES string of the molecule is CCCCOCCNC(=NC)N1CCC(C(=O)OC)CC1. The lowest BCUT2D eigenvalue weighted by molar-refractivity contribution is -0.146. The summed E-state index contributed by atoms with van der Waals surface area (Å²) in [5.74, 6) is 0.820. The largest absolute Gasteiger partial charge is 0.469 e. The zero-order valence-electron chi connectivity index (χ0n) is 13.6. The second-order valence-electron chi connectivity index (χ2n) is 5.22. The highest BCUT2D eigenvalue weighted by molar-refractivity contribution is 5.80. The predicted octanol–water partition coefficient (Wildman–Crippen LogP) is 1.26. The number of nitrogens with zero attached hydrogens (tertiary/aromatic N) is 2. The number of unbranched alkanes of at least 4 members (excludes halogenated alkanes) is 1. The average molecular weight is 299 g/mol. The van der Waals surface area contributed by atoms with Crippen LogP contribution in [0.1, 0.15) is 32.6 Å². The van der Waals surface area contributed by atoms with E-state index in [1.165, 1.54) is 7.11 Å². The highest BCUT2D eigenvalue weighted by Crippen LogP contribution is 2.18. The summed E-state index contributed by atoms with van der Waals surface area (Å²) >= 11 is 0. The third-order valence-corrected chi connectivity index (χ3v) is 3.71. The first kappa shape index (κ1) is 17.8. The molecule has 0 aromatic rings. The van der Waals surface area contributed by atoms with Gasteiger partial charge in [0.2, 0.25) is 0 Å². The number of carbonyl (C=O) groups excluding carboxylic acids is 1. The van der Waals surface area contributed by atoms with Crippen molar-refractivity contribution in [1.82, 2.24) is 10.2 Å². The second-order valence-corrected chi connectivity index (χ2v) is 5.22. The topological polar surface area (TPSA) is 63.2 Å². The molecule has 1 rings (SSSR count). The predicted molar refractivity (Wildman–Crippen MR) is 83.4 cm³/mol. The van der Waals surface area contributed by atoms with Crippen molar-refractivity contribution >= 4 is 11.9 Å². The van der Waals surface area contributed by atoms with Crippen LogP contribution in [0.5, 0.6) is 0 Å². The molecule has 0 unspecified atom stereocenters. The molecule has 0 spiro atoms. The van der Waals surface area contributed by atoms with Crippen LogP contribution in [0.4, 0.5) is 0 Å². The fourth-order valence-corrected chi connectivity index (χ4v) is 2.41. The number of rotatable bonds is 7. The van der Waals surface area contributed by atoms with Crippen LogP contribution in [0.2, 0.25) is 0 Å². The van der Waals surface area contributed by atoms with Crippen molar-refractivity contribution in [3.05, 3.63) is 0 Å². The maximum Gasteiger partial charge on any atom is 0.308 e. The third kappa shape index (κ3) is 6.33. The van der Waals surface area contributed by atoms with Gasteiger partial charge in [-0.15, -0.1) is 0 Å². The Bertz CT molecular complexity index is 326. The van der Waals surface area contributed by atoms with Crippen molar-refractivity contribution in [3.63, 3.8) is 0 Å². The first-order valence-electron chi connectivity index (χ1n) is 7.84. The molecular weight excluding hydrogens is 270 g/mol. The molecule has 0 atom stereocenters. The van der Waals surface area contributed by atoms with E-state index in [1.807, 2.05) is 0 Å². The number of ether oxygens (including phenoxy) is 2. The van der Waals surface area contributed by atoms with Gasteiger partial charge >= 0.3 is 5.97 Å². The van der Waals surface area contributed by atoms with Crippen LogP contribution in [-0.4, -0.2) is 63.8 Å². The minimum atomic E-state index is -0.0954. The summed E-state index contributed by atoms with van der Waals surface area (Å²) in [7, 11) is 3.24. The Morgan fingerprint density at radius 3 is 2.62 bits per heavy atom. The van der Waals surface area contributed by atoms with E-state index >= 15 is 0 Å². The van der Waals surface area contributed by atoms with Crippen molar-refractivity contribution in [2.75, 3.05) is 47.0 Å². The molecular formula is C15H29N3O3. The standard InChI is InChI=1S/C15H29N3O3/c1-4-5-11-21-12-8-17-15(16-2)18-9-6-13(7-10-18)14(19)20-3/h13H,4-12H2,1-3H3,(H,16,17). The second kappa shape index (κ2) is 10.4. The van der Waals surface area contributed by atoms with Gasteiger partial charge in [0.05, 0.1) is 19.6 Å². The Kier molecular flexibility index (Phi) is 8.82. The maximum atomic E-state index is 11.5. The molecule has 6 heteroatoms. The molecule has 0 aromatic carbocycles. The van der Waals surface area contributed by atoms with E-state index in [0.717, 1.165) is 57.9 Å². The number of aliphatic imine (C=N–C) groups is 1. The van der Waals surface area contributed by atoms with Gasteiger partial charge < -0.3 is 19.7 Å². The van der Waals surface area contributed by atoms with Gasteiger partial charge in [-0.2, -0.15) is 0 Å². The van der Waals surface area contributed by atoms with Crippen LogP contribution in [0.3, 0.4) is 0 Å². The number of nitrogens with one attached hydrogen (secondary N) is 1. The first-order chi connectivity index (χ1) is 10.2. The molecule has 1 fully saturated rings. The number of hydrogen-bond acceptors (Lipinski definition) is 4. The highest BCUT2D eigenvalue weighted by Gasteiger charge is 2.26. The molecule has 1 saturated heterocycles. The third-order valence-electron chi connectivity index (χ3n) is 3.71. The molecule has 0 amide bonds. The number of methoxy groups -OCH3 is 1. The molecule has 6 nitrogen and oxygen atoms in total. The van der Waals surface area contributed by atoms with Gasteiger partial charge in [-0.25, -0.2) is 0 Å². The lowest BCUT2D eigenvalue weighted by Gasteiger charge is -2.33. The van der Waals surface area contributed by atoms with E-state index in [9.17, 15) is 4.79 Å². The van der Waals surface area contributed by atoms with Crippen molar-refractivity contribution < 1.29 is 14.3 Å². The van der Waals surface area contributed by atoms with Crippen LogP contribution in [-0.2, 0) is 14.3 Å². The van der Waals surface area contributed by atoms with E-state index < -0.39 is 0 Å². The quantitative estimate of drug-likeness (QED) is 0.332. The van der Waals surface area contributed by atoms with Crippen LogP contribution >= 0.6 is 0 Å². The highest BCUT2D eigenvalue weighted by atomic mass is 16.5. The molecule has 1 heterocycles. The van der Waals surface area contributed by atoms with Gasteiger partial charge in [0.15, 0.2) is 5.96 Å². The summed E-state index contributed by atoms with van der Waals surface area (Å²) in [5.41, 5.74) is 0. The number of esters is 1. The fourth-order valence-electron chi connectivity index (χ4n) is 2.41. The Balaban J connectivity index is 2.23. The molecule has 0 saturated carbocycles. The van der Waals surface area contributed by atoms with Crippen LogP contribution < -0.4 is 5.32 Å². The number of carbonyl (C=O) groups is 1. The Morgan fingerprint density at radius 1 is 1.33 bits per heavy atom. The Morgan fingerprint density at radius 2 is 2.05 bits per heavy atom. The monoisotopic (exact) mass is 299 g/mol. The summed E-state index contributed by atoms with van der Waals surface area (Å²) in [4.78, 5) is 18.0. The van der Waals surface area contributed by atoms with Crippen molar-refractivity contribution in [3.8, 4) is 0 Å². The number of guanidine groups is 1. The molecule has 0 aliphatic carbocycles. The number of hydrogen-bond donors (Lipinski definition) is 1. The van der Waals surface area contributed by atoms with E-state index in [4.69, 9.17) is 9.47 Å². The maximum absolute atomic E-state index is 11.5. The zero-order valence-corrected chi connectivity index (χ0v) is 13.6. The molecule has 1 N–H and O–H groups in total. The number of likely N-dealkylation sites (tertiary alicyclic amines) is 1. The summed E-state index contributed by atoms with van der Waals surface area (Å²) in [6.07, 6.45) is 3.90. The van der Waals surface area contributed by atoms with Gasteiger partial charge in [-0.3, -0.25) is 9.79 Å². The van der Waals surface area contributed by atoms with Crippen molar-refractivity contribution in [1.29, 1.82) is 0 Å². The van der Waals surface area contributed by atoms with Crippen molar-refractivity contribution in [2.45, 2.75) is 32.6 Å². The lowest BCUT2D eigenvalue weighted by Crippen LogP contribution is -2.47. The minimum Gasteiger partial charge on any atom is -0.469 e. The fraction of sp³-hybridized carbons (Fsp3) is 0.867. The molecule has 21 heavy (non-hydrogen) atoms. The van der Waals surface area contributed by atoms with Gasteiger partial charge in [0, 0.05) is 33.3 Å². The molecule has 122 valence electrons. The first-order valence-corrected chi connectivity index (χ1v) is 7.84. The summed E-state index contributed by atoms with van der Waals surface area (Å²) in [5, 5.41) is 3.31. The van der Waals surface area contributed by atoms with E-state index in [2.05, 4.69) is 22.1 Å². The molecule has 0 bridgehead atoms. The molecule has 0 radical (unpaired) electrons. The molecule has 0 aromatic heterocycles. The van der Waals surface area contributed by atoms with E-state index in [1.54, 1.807) is 7.05 Å². The Labute approximate surface area is 127 Å². The van der Waals surface area contributed by atoms with E-state index in [-0.39, 0.29) is 11.9 Å². The smallest absolute Gasteiger partial charge is 0.308 e. The molecule has 1 aliphatic rings. The van der Waals surface area contributed by atoms with Gasteiger partial charge in [0.1, 0.15) is 0 Å². The van der Waals surface area contributed by atoms with E-state index in [0.29, 0.717) is 6.61 Å². The van der Waals surface area contributed by atoms with Gasteiger partial charge in [-0.05, 0) is 19.3 Å². The average Bonchev–Trinajstić information content (AvgIpc) is 2.54. The van der Waals surface area contributed by atoms with Gasteiger partial charge in [0.25, 0.3) is 0 Å². The minimum absolute atomic E-state index is 0.0294. The summed E-state index contributed by atoms with van der Waals surface area (Å²) in [6.45, 7) is 6.08. The van der Waals surface area contributed by atoms with Crippen LogP contribution in [0.25, 0.3) is 0 Å². The van der Waals surface area contributed by atoms with Crippen LogP contribution in [0.15, 0.2) is 4.99 Å². The van der Waals surface area contributed by atoms with Crippen molar-refractivity contribution in [2.24, 2.45) is 10.9 Å². The lowest BCUT2D eigenvalue weighted by atomic mass is 9.97. The van der Waals surface area contributed by atoms with Crippen LogP contribution in [0, 0.1) is 5.92 Å².